The van der Waals surface area contributed by atoms with Gasteiger partial charge in [0.05, 0.1) is 10.8 Å². The summed E-state index contributed by atoms with van der Waals surface area (Å²) in [5.41, 5.74) is 27.1. The molecule has 0 saturated carbocycles. The predicted molar refractivity (Wildman–Crippen MR) is 449 cm³/mol. The van der Waals surface area contributed by atoms with Gasteiger partial charge in [0.1, 0.15) is 0 Å². The summed E-state index contributed by atoms with van der Waals surface area (Å²) < 4.78 is 5.33. The Morgan fingerprint density at radius 1 is 0.231 bits per heavy atom. The smallest absolute Gasteiger partial charge is 0.210 e. The number of allylic oxidation sites excluding steroid dienone is 8. The third kappa shape index (κ3) is 13.4. The maximum Gasteiger partial charge on any atom is 0.210 e. The number of para-hydroxylation sites is 4. The first-order valence-corrected chi connectivity index (χ1v) is 38.6. The molecule has 13 aromatic carbocycles. The number of likely N-dealkylation sites (N-methyl/N-ethyl adjacent to an activating group) is 2. The number of nitrogens with zero attached hydrogens (tertiary/aromatic N) is 4. The van der Waals surface area contributed by atoms with Crippen LogP contribution in [0.15, 0.2) is 412 Å². The zero-order chi connectivity index (χ0) is 72.8. The van der Waals surface area contributed by atoms with Crippen molar-refractivity contribution in [3.05, 3.63) is 490 Å². The topological polar surface area (TPSA) is 12.5 Å². The van der Waals surface area contributed by atoms with Crippen LogP contribution in [0.3, 0.4) is 0 Å². The van der Waals surface area contributed by atoms with Crippen LogP contribution in [-0.4, -0.2) is 34.7 Å². The number of benzene rings is 13. The monoisotopic (exact) mass is 1400 g/mol. The van der Waals surface area contributed by atoms with Crippen molar-refractivity contribution in [2.45, 2.75) is 86.1 Å². The van der Waals surface area contributed by atoms with Gasteiger partial charge in [0.2, 0.25) is 11.4 Å². The van der Waals surface area contributed by atoms with Crippen molar-refractivity contribution in [1.82, 2.24) is 0 Å². The third-order valence-corrected chi connectivity index (χ3v) is 23.8. The van der Waals surface area contributed by atoms with Gasteiger partial charge in [0, 0.05) is 94.2 Å². The lowest BCUT2D eigenvalue weighted by atomic mass is 9.69. The van der Waals surface area contributed by atoms with Gasteiger partial charge in [0.25, 0.3) is 0 Å². The number of rotatable bonds is 24. The van der Waals surface area contributed by atoms with Gasteiger partial charge in [-0.15, -0.1) is 0 Å². The second kappa shape index (κ2) is 30.3. The number of fused-ring (bicyclic) bond motifs is 4. The van der Waals surface area contributed by atoms with E-state index >= 15 is 0 Å². The molecule has 17 rings (SSSR count). The van der Waals surface area contributed by atoms with Crippen LogP contribution in [-0.2, 0) is 86.1 Å². The summed E-state index contributed by atoms with van der Waals surface area (Å²) in [6, 6.07) is 136. The largest absolute Gasteiger partial charge is 0.347 e. The maximum atomic E-state index is 2.66. The quantitative estimate of drug-likeness (QED) is 0.0559. The molecule has 0 amide bonds. The first-order valence-electron chi connectivity index (χ1n) is 38.6. The van der Waals surface area contributed by atoms with Gasteiger partial charge in [-0.1, -0.05) is 352 Å². The Bertz CT molecular complexity index is 4990. The van der Waals surface area contributed by atoms with E-state index in [2.05, 4.69) is 433 Å². The molecule has 0 bridgehead atoms. The number of hydrogen-bond acceptors (Lipinski definition) is 2. The fourth-order valence-electron chi connectivity index (χ4n) is 19.0. The van der Waals surface area contributed by atoms with Crippen molar-refractivity contribution in [2.75, 3.05) is 23.9 Å². The lowest BCUT2D eigenvalue weighted by Gasteiger charge is -2.33. The fraction of sp³-hybridized carbons (Fsp3) is 0.154. The zero-order valence-corrected chi connectivity index (χ0v) is 62.0. The van der Waals surface area contributed by atoms with E-state index in [-0.39, 0.29) is 10.8 Å². The average Bonchev–Trinajstić information content (AvgIpc) is 1.60. The molecule has 4 nitrogen and oxygen atoms in total. The Balaban J connectivity index is 0.806. The van der Waals surface area contributed by atoms with Crippen LogP contribution in [0.2, 0.25) is 0 Å². The van der Waals surface area contributed by atoms with Gasteiger partial charge in [-0.05, 0) is 131 Å². The van der Waals surface area contributed by atoms with E-state index in [1.807, 2.05) is 0 Å². The van der Waals surface area contributed by atoms with Gasteiger partial charge in [-0.3, -0.25) is 0 Å². The van der Waals surface area contributed by atoms with Crippen LogP contribution in [0.4, 0.5) is 22.7 Å². The zero-order valence-electron chi connectivity index (χ0n) is 62.0. The minimum atomic E-state index is -0.433. The predicted octanol–water partition coefficient (Wildman–Crippen LogP) is 22.4. The SMILES string of the molecule is CN1/C(=C/C=C/C2=[N+](Cc3ccc(C[N+]4=C(/C=C/C=C5/N(C)c6ccccc6C5(Cc5ccccc5)Cc5ccccc5)C(Cc5ccccc5)(Cc5ccccc5)c5ccccc54)cc3)c3ccccc3C2(Cc2ccccc2)Cc2ccccc2)C(Cc2ccccc2)(Cc2ccccc2)c2ccccc21. The highest BCUT2D eigenvalue weighted by Gasteiger charge is 2.54. The molecule has 13 aromatic rings. The molecular formula is C104H92N4+2. The van der Waals surface area contributed by atoms with Crippen molar-refractivity contribution in [2.24, 2.45) is 0 Å². The lowest BCUT2D eigenvalue weighted by molar-refractivity contribution is -0.456. The van der Waals surface area contributed by atoms with Gasteiger partial charge in [-0.2, -0.15) is 9.15 Å². The molecule has 0 fully saturated rings. The molecule has 0 aliphatic carbocycles. The molecule has 4 aliphatic rings. The van der Waals surface area contributed by atoms with Crippen LogP contribution in [0.25, 0.3) is 0 Å². The first-order chi connectivity index (χ1) is 53.3. The van der Waals surface area contributed by atoms with E-state index in [1.54, 1.807) is 0 Å². The molecule has 526 valence electrons. The molecule has 4 aliphatic heterocycles. The summed E-state index contributed by atoms with van der Waals surface area (Å²) >= 11 is 0. The van der Waals surface area contributed by atoms with Crippen molar-refractivity contribution >= 4 is 34.2 Å². The van der Waals surface area contributed by atoms with E-state index in [1.165, 1.54) is 123 Å². The highest BCUT2D eigenvalue weighted by Crippen LogP contribution is 2.54. The summed E-state index contributed by atoms with van der Waals surface area (Å²) in [7, 11) is 4.56. The Kier molecular flexibility index (Phi) is 19.3. The van der Waals surface area contributed by atoms with E-state index in [0.717, 1.165) is 51.4 Å². The summed E-state index contributed by atoms with van der Waals surface area (Å²) in [4.78, 5) is 4.95. The van der Waals surface area contributed by atoms with Crippen molar-refractivity contribution in [3.63, 3.8) is 0 Å². The summed E-state index contributed by atoms with van der Waals surface area (Å²) in [6.45, 7) is 1.37. The van der Waals surface area contributed by atoms with Crippen molar-refractivity contribution in [3.8, 4) is 0 Å². The Morgan fingerprint density at radius 3 is 0.722 bits per heavy atom. The van der Waals surface area contributed by atoms with Crippen LogP contribution in [0.1, 0.15) is 77.9 Å². The van der Waals surface area contributed by atoms with Crippen LogP contribution < -0.4 is 9.80 Å². The highest BCUT2D eigenvalue weighted by atomic mass is 15.2. The molecule has 4 heterocycles. The van der Waals surface area contributed by atoms with E-state index in [0.29, 0.717) is 13.1 Å². The van der Waals surface area contributed by atoms with Gasteiger partial charge in [-0.25, -0.2) is 0 Å². The molecule has 0 saturated heterocycles. The third-order valence-electron chi connectivity index (χ3n) is 23.8. The standard InChI is InChI=1S/C104H92N4/c1-105-93-57-31-27-53-89(93)101(69-79-37-11-3-12-38-79,70-80-39-13-4-14-40-80)97(105)61-35-63-99-103(73-83-45-19-7-20-46-83,74-84-47-21-8-22-48-84)91-55-29-33-59-95(91)107(99)77-87-65-67-88(68-66-87)78-108-96-60-34-30-56-92(96)104(75-85-49-23-9-24-50-85,76-86-51-25-10-26-52-86)100(108)64-36-62-98-102(71-81-41-15-5-16-42-81,72-82-43-17-6-18-44-82)90-54-28-32-58-94(90)106(98)2/h3-68H,69-78H2,1-2H3/q+2. The molecule has 0 unspecified atom stereocenters. The van der Waals surface area contributed by atoms with Gasteiger partial charge in [0.15, 0.2) is 24.5 Å². The van der Waals surface area contributed by atoms with E-state index < -0.39 is 10.8 Å². The normalized spacial score (nSPS) is 16.4. The van der Waals surface area contributed by atoms with Crippen molar-refractivity contribution < 1.29 is 9.15 Å². The molecule has 0 spiro atoms. The summed E-state index contributed by atoms with van der Waals surface area (Å²) in [6.07, 6.45) is 21.5. The molecule has 108 heavy (non-hydrogen) atoms. The average molecular weight is 1400 g/mol. The van der Waals surface area contributed by atoms with Crippen molar-refractivity contribution in [1.29, 1.82) is 0 Å². The van der Waals surface area contributed by atoms with E-state index in [9.17, 15) is 0 Å². The molecule has 0 aromatic heterocycles. The Morgan fingerprint density at radius 2 is 0.454 bits per heavy atom. The molecular weight excluding hydrogens is 1310 g/mol. The van der Waals surface area contributed by atoms with Crippen LogP contribution in [0.5, 0.6) is 0 Å². The molecule has 0 N–H and O–H groups in total. The van der Waals surface area contributed by atoms with Gasteiger partial charge < -0.3 is 9.80 Å². The maximum absolute atomic E-state index is 2.66. The lowest BCUT2D eigenvalue weighted by Crippen LogP contribution is -2.39. The molecule has 0 atom stereocenters. The minimum absolute atomic E-state index is 0.346. The summed E-state index contributed by atoms with van der Waals surface area (Å²) in [5.74, 6) is 0. The Labute approximate surface area is 639 Å². The van der Waals surface area contributed by atoms with E-state index in [4.69, 9.17) is 0 Å². The second-order valence-corrected chi connectivity index (χ2v) is 30.4. The molecule has 4 heteroatoms. The van der Waals surface area contributed by atoms with Crippen LogP contribution in [0, 0.1) is 0 Å². The number of anilines is 2. The van der Waals surface area contributed by atoms with Gasteiger partial charge >= 0.3 is 0 Å². The first kappa shape index (κ1) is 68.8. The summed E-state index contributed by atoms with van der Waals surface area (Å²) in [5, 5.41) is 0. The second-order valence-electron chi connectivity index (χ2n) is 30.4. The highest BCUT2D eigenvalue weighted by molar-refractivity contribution is 6.05. The fourth-order valence-corrected chi connectivity index (χ4v) is 19.0. The minimum Gasteiger partial charge on any atom is -0.347 e. The Hall–Kier alpha value is -12.2. The number of hydrogen-bond donors (Lipinski definition) is 0. The molecule has 0 radical (unpaired) electrons. The van der Waals surface area contributed by atoms with Crippen LogP contribution >= 0.6 is 0 Å².